The van der Waals surface area contributed by atoms with E-state index in [9.17, 15) is 4.79 Å². The van der Waals surface area contributed by atoms with Gasteiger partial charge in [-0.05, 0) is 55.2 Å². The molecule has 3 aromatic rings. The molecule has 0 bridgehead atoms. The number of nitrogens with zero attached hydrogens (tertiary/aromatic N) is 4. The average Bonchev–Trinajstić information content (AvgIpc) is 3.28. The number of hydrogen-bond acceptors (Lipinski definition) is 5. The zero-order valence-corrected chi connectivity index (χ0v) is 17.7. The van der Waals surface area contributed by atoms with Crippen molar-refractivity contribution in [2.45, 2.75) is 19.3 Å². The number of ether oxygens (including phenoxy) is 1. The van der Waals surface area contributed by atoms with Crippen molar-refractivity contribution in [2.75, 3.05) is 36.5 Å². The van der Waals surface area contributed by atoms with Crippen molar-refractivity contribution in [3.8, 4) is 17.0 Å². The van der Waals surface area contributed by atoms with Gasteiger partial charge in [-0.25, -0.2) is 9.97 Å². The van der Waals surface area contributed by atoms with E-state index in [2.05, 4.69) is 27.0 Å². The fraction of sp³-hybridized carbons (Fsp3) is 0.320. The summed E-state index contributed by atoms with van der Waals surface area (Å²) in [6.45, 7) is 2.37. The summed E-state index contributed by atoms with van der Waals surface area (Å²) in [6.07, 6.45) is 4.45. The molecule has 0 spiro atoms. The first kappa shape index (κ1) is 19.5. The molecular formula is C25H26N4O2. The van der Waals surface area contributed by atoms with Crippen molar-refractivity contribution < 1.29 is 9.53 Å². The number of rotatable bonds is 4. The Morgan fingerprint density at radius 3 is 2.74 bits per heavy atom. The molecule has 1 saturated heterocycles. The van der Waals surface area contributed by atoms with Gasteiger partial charge in [0.25, 0.3) is 0 Å². The first-order valence-electron chi connectivity index (χ1n) is 10.8. The van der Waals surface area contributed by atoms with Crippen LogP contribution in [0.15, 0.2) is 60.9 Å². The summed E-state index contributed by atoms with van der Waals surface area (Å²) in [5, 5.41) is 0. The fourth-order valence-electron chi connectivity index (χ4n) is 4.61. The summed E-state index contributed by atoms with van der Waals surface area (Å²) < 4.78 is 5.25. The molecule has 0 aliphatic carbocycles. The number of carbonyl (C=O) groups is 1. The topological polar surface area (TPSA) is 58.6 Å². The van der Waals surface area contributed by atoms with Crippen LogP contribution in [0.1, 0.15) is 18.4 Å². The van der Waals surface area contributed by atoms with Crippen molar-refractivity contribution in [3.63, 3.8) is 0 Å². The van der Waals surface area contributed by atoms with Gasteiger partial charge in [-0.2, -0.15) is 0 Å². The molecule has 1 unspecified atom stereocenters. The lowest BCUT2D eigenvalue weighted by Gasteiger charge is -2.34. The van der Waals surface area contributed by atoms with E-state index in [1.54, 1.807) is 13.4 Å². The number of piperidine rings is 1. The highest BCUT2D eigenvalue weighted by Crippen LogP contribution is 2.32. The molecule has 6 heteroatoms. The van der Waals surface area contributed by atoms with E-state index in [4.69, 9.17) is 4.74 Å². The lowest BCUT2D eigenvalue weighted by Crippen LogP contribution is -2.44. The minimum absolute atomic E-state index is 0.0145. The van der Waals surface area contributed by atoms with Crippen LogP contribution in [0, 0.1) is 5.92 Å². The predicted octanol–water partition coefficient (Wildman–Crippen LogP) is 3.96. The summed E-state index contributed by atoms with van der Waals surface area (Å²) in [6, 6.07) is 18.1. The lowest BCUT2D eigenvalue weighted by atomic mass is 9.96. The Morgan fingerprint density at radius 1 is 1.06 bits per heavy atom. The van der Waals surface area contributed by atoms with Crippen LogP contribution in [0.4, 0.5) is 11.5 Å². The Bertz CT molecular complexity index is 1080. The maximum absolute atomic E-state index is 13.3. The highest BCUT2D eigenvalue weighted by atomic mass is 16.5. The smallest absolute Gasteiger partial charge is 0.231 e. The molecule has 6 nitrogen and oxygen atoms in total. The molecule has 1 aromatic heterocycles. The Kier molecular flexibility index (Phi) is 5.28. The second kappa shape index (κ2) is 8.38. The number of para-hydroxylation sites is 1. The van der Waals surface area contributed by atoms with Crippen LogP contribution in [0.3, 0.4) is 0 Å². The molecule has 0 radical (unpaired) electrons. The predicted molar refractivity (Wildman–Crippen MR) is 121 cm³/mol. The number of carbonyl (C=O) groups excluding carboxylic acids is 1. The number of benzene rings is 2. The minimum atomic E-state index is -0.0145. The number of anilines is 2. The van der Waals surface area contributed by atoms with Gasteiger partial charge in [-0.15, -0.1) is 0 Å². The molecule has 1 fully saturated rings. The molecule has 2 aliphatic rings. The van der Waals surface area contributed by atoms with Gasteiger partial charge < -0.3 is 14.5 Å². The Morgan fingerprint density at radius 2 is 1.90 bits per heavy atom. The monoisotopic (exact) mass is 414 g/mol. The highest BCUT2D eigenvalue weighted by molar-refractivity contribution is 5.97. The third-order valence-electron chi connectivity index (χ3n) is 6.29. The van der Waals surface area contributed by atoms with Crippen LogP contribution in [0.25, 0.3) is 11.3 Å². The molecule has 2 aliphatic heterocycles. The minimum Gasteiger partial charge on any atom is -0.497 e. The third kappa shape index (κ3) is 3.85. The molecule has 158 valence electrons. The molecule has 0 saturated carbocycles. The van der Waals surface area contributed by atoms with E-state index < -0.39 is 0 Å². The van der Waals surface area contributed by atoms with E-state index in [0.29, 0.717) is 6.54 Å². The van der Waals surface area contributed by atoms with Crippen LogP contribution in [0.2, 0.25) is 0 Å². The van der Waals surface area contributed by atoms with Gasteiger partial charge in [0, 0.05) is 37.0 Å². The standard InChI is InChI=1S/C25H26N4O2/c1-31-21-10-8-18(9-11-21)22-15-24(27-17-26-22)28-13-4-6-20(16-28)25(30)29-14-12-19-5-2-3-7-23(19)29/h2-3,5,7-11,15,17,20H,4,6,12-14,16H2,1H3. The van der Waals surface area contributed by atoms with Crippen LogP contribution in [0.5, 0.6) is 5.75 Å². The van der Waals surface area contributed by atoms with Crippen LogP contribution < -0.4 is 14.5 Å². The average molecular weight is 415 g/mol. The molecule has 1 atom stereocenters. The SMILES string of the molecule is COc1ccc(-c2cc(N3CCCC(C(=O)N4CCc5ccccc54)C3)ncn2)cc1. The Balaban J connectivity index is 1.33. The van der Waals surface area contributed by atoms with Crippen LogP contribution in [-0.4, -0.2) is 42.6 Å². The Hall–Kier alpha value is -3.41. The zero-order valence-electron chi connectivity index (χ0n) is 17.7. The number of fused-ring (bicyclic) bond motifs is 1. The van der Waals surface area contributed by atoms with E-state index in [0.717, 1.165) is 60.9 Å². The van der Waals surface area contributed by atoms with Crippen molar-refractivity contribution in [2.24, 2.45) is 5.92 Å². The summed E-state index contributed by atoms with van der Waals surface area (Å²) >= 11 is 0. The van der Waals surface area contributed by atoms with Crippen LogP contribution in [-0.2, 0) is 11.2 Å². The van der Waals surface area contributed by atoms with E-state index in [1.807, 2.05) is 47.4 Å². The number of hydrogen-bond donors (Lipinski definition) is 0. The first-order chi connectivity index (χ1) is 15.2. The van der Waals surface area contributed by atoms with Gasteiger partial charge in [-0.1, -0.05) is 18.2 Å². The molecule has 0 N–H and O–H groups in total. The van der Waals surface area contributed by atoms with Crippen molar-refractivity contribution in [1.82, 2.24) is 9.97 Å². The maximum Gasteiger partial charge on any atom is 0.231 e. The number of amides is 1. The molecule has 3 heterocycles. The fourth-order valence-corrected chi connectivity index (χ4v) is 4.61. The second-order valence-electron chi connectivity index (χ2n) is 8.14. The van der Waals surface area contributed by atoms with Crippen molar-refractivity contribution in [1.29, 1.82) is 0 Å². The number of aromatic nitrogens is 2. The largest absolute Gasteiger partial charge is 0.497 e. The molecule has 1 amide bonds. The number of methoxy groups -OCH3 is 1. The van der Waals surface area contributed by atoms with Gasteiger partial charge in [0.2, 0.25) is 5.91 Å². The van der Waals surface area contributed by atoms with E-state index >= 15 is 0 Å². The normalized spacial score (nSPS) is 18.0. The van der Waals surface area contributed by atoms with Gasteiger partial charge in [-0.3, -0.25) is 4.79 Å². The van der Waals surface area contributed by atoms with Gasteiger partial charge in [0.15, 0.2) is 0 Å². The van der Waals surface area contributed by atoms with E-state index in [-0.39, 0.29) is 11.8 Å². The first-order valence-corrected chi connectivity index (χ1v) is 10.8. The maximum atomic E-state index is 13.3. The molecular weight excluding hydrogens is 388 g/mol. The van der Waals surface area contributed by atoms with Crippen LogP contribution >= 0.6 is 0 Å². The molecule has 31 heavy (non-hydrogen) atoms. The van der Waals surface area contributed by atoms with Gasteiger partial charge in [0.1, 0.15) is 17.9 Å². The molecule has 5 rings (SSSR count). The third-order valence-corrected chi connectivity index (χ3v) is 6.29. The summed E-state index contributed by atoms with van der Waals surface area (Å²) in [5.41, 5.74) is 4.23. The second-order valence-corrected chi connectivity index (χ2v) is 8.14. The van der Waals surface area contributed by atoms with Crippen molar-refractivity contribution in [3.05, 3.63) is 66.5 Å². The quantitative estimate of drug-likeness (QED) is 0.647. The van der Waals surface area contributed by atoms with Gasteiger partial charge in [0.05, 0.1) is 18.7 Å². The highest BCUT2D eigenvalue weighted by Gasteiger charge is 2.33. The van der Waals surface area contributed by atoms with E-state index in [1.165, 1.54) is 5.56 Å². The molecule has 2 aromatic carbocycles. The summed E-state index contributed by atoms with van der Waals surface area (Å²) in [4.78, 5) is 26.5. The summed E-state index contributed by atoms with van der Waals surface area (Å²) in [5.74, 6) is 1.91. The Labute approximate surface area is 182 Å². The lowest BCUT2D eigenvalue weighted by molar-refractivity contribution is -0.122. The zero-order chi connectivity index (χ0) is 21.2. The summed E-state index contributed by atoms with van der Waals surface area (Å²) in [7, 11) is 1.66. The van der Waals surface area contributed by atoms with Crippen molar-refractivity contribution >= 4 is 17.4 Å². The van der Waals surface area contributed by atoms with Gasteiger partial charge >= 0.3 is 0 Å².